The standard InChI is InChI=1S/C15H21BrFNO/c16-14-8-7-12(17)11-15(14)19-10-4-9-18-13-5-2-1-3-6-13/h7-8,11,13,18H,1-6,9-10H2. The van der Waals surface area contributed by atoms with Crippen LogP contribution in [0.3, 0.4) is 0 Å². The van der Waals surface area contributed by atoms with Crippen molar-refractivity contribution in [2.45, 2.75) is 44.6 Å². The van der Waals surface area contributed by atoms with E-state index < -0.39 is 0 Å². The zero-order valence-corrected chi connectivity index (χ0v) is 12.7. The monoisotopic (exact) mass is 329 g/mol. The second-order valence-corrected chi connectivity index (χ2v) is 5.92. The van der Waals surface area contributed by atoms with Crippen LogP contribution in [0.5, 0.6) is 5.75 Å². The molecule has 1 fully saturated rings. The molecule has 1 aliphatic rings. The van der Waals surface area contributed by atoms with Crippen molar-refractivity contribution < 1.29 is 9.13 Å². The third kappa shape index (κ3) is 5.11. The molecule has 0 aliphatic heterocycles. The van der Waals surface area contributed by atoms with Crippen LogP contribution in [0.15, 0.2) is 22.7 Å². The summed E-state index contributed by atoms with van der Waals surface area (Å²) in [4.78, 5) is 0. The van der Waals surface area contributed by atoms with Crippen molar-refractivity contribution in [1.29, 1.82) is 0 Å². The van der Waals surface area contributed by atoms with Gasteiger partial charge in [-0.05, 0) is 53.9 Å². The van der Waals surface area contributed by atoms with Crippen molar-refractivity contribution >= 4 is 15.9 Å². The number of rotatable bonds is 6. The maximum Gasteiger partial charge on any atom is 0.136 e. The first kappa shape index (κ1) is 14.8. The molecule has 1 N–H and O–H groups in total. The van der Waals surface area contributed by atoms with Gasteiger partial charge in [0, 0.05) is 12.1 Å². The minimum absolute atomic E-state index is 0.265. The van der Waals surface area contributed by atoms with Gasteiger partial charge in [0.05, 0.1) is 11.1 Å². The fourth-order valence-electron chi connectivity index (χ4n) is 2.46. The smallest absolute Gasteiger partial charge is 0.136 e. The second kappa shape index (κ2) is 7.85. The van der Waals surface area contributed by atoms with E-state index in [1.165, 1.54) is 44.2 Å². The van der Waals surface area contributed by atoms with E-state index in [2.05, 4.69) is 21.2 Å². The number of benzene rings is 1. The maximum atomic E-state index is 13.1. The van der Waals surface area contributed by atoms with Crippen LogP contribution >= 0.6 is 15.9 Å². The Morgan fingerprint density at radius 3 is 2.84 bits per heavy atom. The molecule has 0 unspecified atom stereocenters. The van der Waals surface area contributed by atoms with Crippen molar-refractivity contribution in [1.82, 2.24) is 5.32 Å². The van der Waals surface area contributed by atoms with E-state index in [1.54, 1.807) is 6.07 Å². The van der Waals surface area contributed by atoms with E-state index >= 15 is 0 Å². The average molecular weight is 330 g/mol. The van der Waals surface area contributed by atoms with Crippen LogP contribution < -0.4 is 10.1 Å². The molecule has 1 aromatic rings. The summed E-state index contributed by atoms with van der Waals surface area (Å²) >= 11 is 3.35. The predicted octanol–water partition coefficient (Wildman–Crippen LogP) is 4.28. The van der Waals surface area contributed by atoms with E-state index in [0.717, 1.165) is 17.4 Å². The quantitative estimate of drug-likeness (QED) is 0.786. The summed E-state index contributed by atoms with van der Waals surface area (Å²) in [6.07, 6.45) is 7.63. The number of ether oxygens (including phenoxy) is 1. The largest absolute Gasteiger partial charge is 0.492 e. The molecule has 106 valence electrons. The van der Waals surface area contributed by atoms with E-state index in [9.17, 15) is 4.39 Å². The molecule has 0 spiro atoms. The Morgan fingerprint density at radius 2 is 2.05 bits per heavy atom. The van der Waals surface area contributed by atoms with E-state index in [4.69, 9.17) is 4.74 Å². The lowest BCUT2D eigenvalue weighted by atomic mass is 9.95. The molecule has 0 heterocycles. The highest BCUT2D eigenvalue weighted by molar-refractivity contribution is 9.10. The summed E-state index contributed by atoms with van der Waals surface area (Å²) < 4.78 is 19.4. The third-order valence-corrected chi connectivity index (χ3v) is 4.17. The van der Waals surface area contributed by atoms with Gasteiger partial charge >= 0.3 is 0 Å². The second-order valence-electron chi connectivity index (χ2n) is 5.07. The number of hydrogen-bond donors (Lipinski definition) is 1. The van der Waals surface area contributed by atoms with E-state index in [0.29, 0.717) is 18.4 Å². The SMILES string of the molecule is Fc1ccc(Br)c(OCCCNC2CCCCC2)c1. The van der Waals surface area contributed by atoms with Crippen LogP contribution in [-0.4, -0.2) is 19.2 Å². The summed E-state index contributed by atoms with van der Waals surface area (Å²) in [6.45, 7) is 1.58. The summed E-state index contributed by atoms with van der Waals surface area (Å²) in [6, 6.07) is 5.19. The lowest BCUT2D eigenvalue weighted by molar-refractivity contribution is 0.294. The van der Waals surface area contributed by atoms with E-state index in [1.807, 2.05) is 0 Å². The van der Waals surface area contributed by atoms with Gasteiger partial charge in [-0.15, -0.1) is 0 Å². The highest BCUT2D eigenvalue weighted by Gasteiger charge is 2.11. The molecular weight excluding hydrogens is 309 g/mol. The fourth-order valence-corrected chi connectivity index (χ4v) is 2.82. The molecule has 0 atom stereocenters. The summed E-state index contributed by atoms with van der Waals surface area (Å²) in [5, 5.41) is 3.57. The van der Waals surface area contributed by atoms with Gasteiger partial charge in [0.2, 0.25) is 0 Å². The molecule has 0 radical (unpaired) electrons. The maximum absolute atomic E-state index is 13.1. The van der Waals surface area contributed by atoms with Gasteiger partial charge in [-0.25, -0.2) is 4.39 Å². The molecule has 1 aromatic carbocycles. The zero-order valence-electron chi connectivity index (χ0n) is 11.1. The van der Waals surface area contributed by atoms with Gasteiger partial charge in [0.15, 0.2) is 0 Å². The van der Waals surface area contributed by atoms with Gasteiger partial charge in [-0.3, -0.25) is 0 Å². The first-order chi connectivity index (χ1) is 9.25. The molecule has 0 amide bonds. The van der Waals surface area contributed by atoms with Gasteiger partial charge in [-0.2, -0.15) is 0 Å². The highest BCUT2D eigenvalue weighted by Crippen LogP contribution is 2.25. The predicted molar refractivity (Wildman–Crippen MR) is 79.1 cm³/mol. The lowest BCUT2D eigenvalue weighted by Crippen LogP contribution is -2.32. The Kier molecular flexibility index (Phi) is 6.11. The lowest BCUT2D eigenvalue weighted by Gasteiger charge is -2.22. The van der Waals surface area contributed by atoms with Crippen LogP contribution in [0.2, 0.25) is 0 Å². The molecule has 2 nitrogen and oxygen atoms in total. The minimum atomic E-state index is -0.265. The van der Waals surface area contributed by atoms with Crippen molar-refractivity contribution in [3.8, 4) is 5.75 Å². The van der Waals surface area contributed by atoms with Gasteiger partial charge in [0.1, 0.15) is 11.6 Å². The van der Waals surface area contributed by atoms with Gasteiger partial charge in [-0.1, -0.05) is 19.3 Å². The number of halogens is 2. The molecular formula is C15H21BrFNO. The molecule has 2 rings (SSSR count). The Hall–Kier alpha value is -0.610. The van der Waals surface area contributed by atoms with Crippen molar-refractivity contribution in [3.05, 3.63) is 28.5 Å². The molecule has 0 saturated heterocycles. The third-order valence-electron chi connectivity index (χ3n) is 3.51. The fraction of sp³-hybridized carbons (Fsp3) is 0.600. The topological polar surface area (TPSA) is 21.3 Å². The first-order valence-corrected chi connectivity index (χ1v) is 7.86. The van der Waals surface area contributed by atoms with Crippen LogP contribution in [-0.2, 0) is 0 Å². The molecule has 0 bridgehead atoms. The summed E-state index contributed by atoms with van der Waals surface area (Å²) in [5.74, 6) is 0.316. The van der Waals surface area contributed by atoms with Gasteiger partial charge in [0.25, 0.3) is 0 Å². The zero-order chi connectivity index (χ0) is 13.5. The number of hydrogen-bond acceptors (Lipinski definition) is 2. The van der Waals surface area contributed by atoms with Crippen LogP contribution in [0.4, 0.5) is 4.39 Å². The highest BCUT2D eigenvalue weighted by atomic mass is 79.9. The normalized spacial score (nSPS) is 16.5. The van der Waals surface area contributed by atoms with Crippen LogP contribution in [0.25, 0.3) is 0 Å². The molecule has 1 aliphatic carbocycles. The summed E-state index contributed by atoms with van der Waals surface area (Å²) in [7, 11) is 0. The van der Waals surface area contributed by atoms with Crippen LogP contribution in [0, 0.1) is 5.82 Å². The molecule has 0 aromatic heterocycles. The summed E-state index contributed by atoms with van der Waals surface area (Å²) in [5.41, 5.74) is 0. The average Bonchev–Trinajstić information content (AvgIpc) is 2.43. The minimum Gasteiger partial charge on any atom is -0.492 e. The molecule has 1 saturated carbocycles. The van der Waals surface area contributed by atoms with Crippen molar-refractivity contribution in [2.75, 3.05) is 13.2 Å². The Bertz CT molecular complexity index is 394. The van der Waals surface area contributed by atoms with Crippen molar-refractivity contribution in [2.24, 2.45) is 0 Å². The molecule has 19 heavy (non-hydrogen) atoms. The molecule has 4 heteroatoms. The van der Waals surface area contributed by atoms with Crippen molar-refractivity contribution in [3.63, 3.8) is 0 Å². The van der Waals surface area contributed by atoms with Crippen LogP contribution in [0.1, 0.15) is 38.5 Å². The Morgan fingerprint density at radius 1 is 1.26 bits per heavy atom. The number of nitrogens with one attached hydrogen (secondary N) is 1. The first-order valence-electron chi connectivity index (χ1n) is 7.07. The Labute approximate surface area is 122 Å². The van der Waals surface area contributed by atoms with E-state index in [-0.39, 0.29) is 5.82 Å². The Balaban J connectivity index is 1.62. The van der Waals surface area contributed by atoms with Gasteiger partial charge < -0.3 is 10.1 Å².